The average molecular weight is 761 g/mol. The molecule has 0 saturated carbocycles. The molecule has 0 spiro atoms. The highest BCUT2D eigenvalue weighted by atomic mass is 32.2. The number of methoxy groups -OCH3 is 4. The van der Waals surface area contributed by atoms with E-state index in [9.17, 15) is 18.5 Å². The number of likely N-dealkylation sites (N-methyl/N-ethyl adjacent to an activating group) is 1. The van der Waals surface area contributed by atoms with Crippen molar-refractivity contribution in [1.82, 2.24) is 20.0 Å². The number of urea groups is 1. The molecule has 54 heavy (non-hydrogen) atoms. The zero-order chi connectivity index (χ0) is 38.4. The number of nitrogens with one attached hydrogen (secondary N) is 1. The summed E-state index contributed by atoms with van der Waals surface area (Å²) in [7, 11) is 3.04. The first-order valence-corrected chi connectivity index (χ1v) is 19.1. The standard InChI is InChI=1S/C38H44N6O9S/c1-41(27-22-53-23-27)25-12-14-42(15-13-25)26-20-43(21-26)37(46)40-38(31-17-28(49-2)7-10-33(31)51-4)30-16-24(19-39)6-9-32(30)44(36(38)45)54(47,48)35-11-8-29(50-3)18-34(35)52-5/h6-11,16-18,25-27H,12-15,20-23H2,1-5H3,(H,40,46)/t38-/m0/s1. The lowest BCUT2D eigenvalue weighted by Gasteiger charge is -2.50. The zero-order valence-corrected chi connectivity index (χ0v) is 31.7. The highest BCUT2D eigenvalue weighted by Crippen LogP contribution is 2.51. The van der Waals surface area contributed by atoms with Gasteiger partial charge in [-0.15, -0.1) is 0 Å². The topological polar surface area (TPSA) is 163 Å². The highest BCUT2D eigenvalue weighted by Gasteiger charge is 2.59. The van der Waals surface area contributed by atoms with Crippen molar-refractivity contribution in [2.45, 2.75) is 41.4 Å². The summed E-state index contributed by atoms with van der Waals surface area (Å²) in [5.41, 5.74) is -1.89. The number of hydrogen-bond donors (Lipinski definition) is 1. The summed E-state index contributed by atoms with van der Waals surface area (Å²) in [6.07, 6.45) is 2.04. The molecule has 0 bridgehead atoms. The van der Waals surface area contributed by atoms with Crippen molar-refractivity contribution in [2.24, 2.45) is 0 Å². The Morgan fingerprint density at radius 1 is 0.889 bits per heavy atom. The van der Waals surface area contributed by atoms with Gasteiger partial charge in [-0.3, -0.25) is 14.6 Å². The minimum Gasteiger partial charge on any atom is -0.497 e. The number of sulfonamides is 1. The molecule has 1 N–H and O–H groups in total. The predicted octanol–water partition coefficient (Wildman–Crippen LogP) is 2.76. The van der Waals surface area contributed by atoms with E-state index in [2.05, 4.69) is 28.2 Å². The summed E-state index contributed by atoms with van der Waals surface area (Å²) >= 11 is 0. The van der Waals surface area contributed by atoms with Gasteiger partial charge in [-0.1, -0.05) is 0 Å². The van der Waals surface area contributed by atoms with Gasteiger partial charge >= 0.3 is 6.03 Å². The Kier molecular flexibility index (Phi) is 10.1. The number of fused-ring (bicyclic) bond motifs is 1. The van der Waals surface area contributed by atoms with Crippen LogP contribution in [0, 0.1) is 11.3 Å². The van der Waals surface area contributed by atoms with Crippen molar-refractivity contribution < 1.29 is 41.7 Å². The summed E-state index contributed by atoms with van der Waals surface area (Å²) in [4.78, 5) is 35.8. The van der Waals surface area contributed by atoms with Gasteiger partial charge in [0.2, 0.25) is 0 Å². The number of hydrogen-bond acceptors (Lipinski definition) is 12. The Balaban J connectivity index is 1.25. The van der Waals surface area contributed by atoms with E-state index in [0.717, 1.165) is 39.1 Å². The van der Waals surface area contributed by atoms with Crippen LogP contribution in [0.4, 0.5) is 10.5 Å². The fourth-order valence-corrected chi connectivity index (χ4v) is 9.45. The first-order valence-electron chi connectivity index (χ1n) is 17.7. The van der Waals surface area contributed by atoms with Gasteiger partial charge in [0.05, 0.1) is 65.0 Å². The number of carbonyl (C=O) groups is 2. The molecule has 3 saturated heterocycles. The van der Waals surface area contributed by atoms with Crippen molar-refractivity contribution in [1.29, 1.82) is 5.26 Å². The smallest absolute Gasteiger partial charge is 0.318 e. The molecule has 3 aromatic carbocycles. The van der Waals surface area contributed by atoms with Crippen LogP contribution in [-0.2, 0) is 25.1 Å². The Morgan fingerprint density at radius 2 is 1.56 bits per heavy atom. The third-order valence-electron chi connectivity index (χ3n) is 11.2. The summed E-state index contributed by atoms with van der Waals surface area (Å²) in [5, 5.41) is 13.0. The predicted molar refractivity (Wildman–Crippen MR) is 197 cm³/mol. The van der Waals surface area contributed by atoms with Crippen LogP contribution in [0.15, 0.2) is 59.5 Å². The SMILES string of the molecule is COc1ccc(S(=O)(=O)N2C(=O)[C@@](NC(=O)N3CC(N4CCC(N(C)C5COC5)CC4)C3)(c3cc(OC)ccc3OC)c3cc(C#N)ccc32)c(OC)c1. The molecule has 0 unspecified atom stereocenters. The average Bonchev–Trinajstić information content (AvgIpc) is 3.40. The first-order chi connectivity index (χ1) is 26.0. The van der Waals surface area contributed by atoms with Crippen LogP contribution in [0.25, 0.3) is 0 Å². The molecule has 1 atom stereocenters. The molecule has 0 aromatic heterocycles. The van der Waals surface area contributed by atoms with Crippen LogP contribution < -0.4 is 28.6 Å². The van der Waals surface area contributed by atoms with Crippen LogP contribution in [0.1, 0.15) is 29.5 Å². The molecule has 16 heteroatoms. The van der Waals surface area contributed by atoms with E-state index in [-0.39, 0.29) is 44.8 Å². The second-order valence-corrected chi connectivity index (χ2v) is 15.6. The molecule has 4 aliphatic rings. The second kappa shape index (κ2) is 14.6. The third kappa shape index (κ3) is 6.14. The lowest BCUT2D eigenvalue weighted by atomic mass is 9.82. The van der Waals surface area contributed by atoms with Crippen molar-refractivity contribution in [3.63, 3.8) is 0 Å². The minimum atomic E-state index is -4.72. The summed E-state index contributed by atoms with van der Waals surface area (Å²) in [6, 6.07) is 15.7. The van der Waals surface area contributed by atoms with Crippen LogP contribution in [0.3, 0.4) is 0 Å². The van der Waals surface area contributed by atoms with Crippen LogP contribution in [-0.4, -0.2) is 128 Å². The minimum absolute atomic E-state index is 0.0511. The molecule has 3 aromatic rings. The zero-order valence-electron chi connectivity index (χ0n) is 30.9. The molecule has 4 heterocycles. The number of benzene rings is 3. The Morgan fingerprint density at radius 3 is 2.17 bits per heavy atom. The van der Waals surface area contributed by atoms with E-state index in [4.69, 9.17) is 23.7 Å². The van der Waals surface area contributed by atoms with Gasteiger partial charge in [-0.2, -0.15) is 9.57 Å². The number of rotatable bonds is 11. The summed E-state index contributed by atoms with van der Waals surface area (Å²) in [6.45, 7) is 4.18. The van der Waals surface area contributed by atoms with Crippen molar-refractivity contribution in [2.75, 3.05) is 79.2 Å². The largest absolute Gasteiger partial charge is 0.497 e. The van der Waals surface area contributed by atoms with Gasteiger partial charge in [-0.25, -0.2) is 13.2 Å². The molecule has 7 rings (SSSR count). The maximum atomic E-state index is 15.3. The van der Waals surface area contributed by atoms with Crippen molar-refractivity contribution in [3.8, 4) is 29.1 Å². The Hall–Kier alpha value is -5.08. The molecule has 0 aliphatic carbocycles. The van der Waals surface area contributed by atoms with Gasteiger partial charge in [0, 0.05) is 55.5 Å². The number of amides is 3. The maximum Gasteiger partial charge on any atom is 0.318 e. The van der Waals surface area contributed by atoms with E-state index in [1.54, 1.807) is 17.0 Å². The third-order valence-corrected chi connectivity index (χ3v) is 12.9. The van der Waals surface area contributed by atoms with Gasteiger partial charge in [0.15, 0.2) is 5.54 Å². The number of piperidine rings is 1. The van der Waals surface area contributed by atoms with Crippen LogP contribution in [0.5, 0.6) is 23.0 Å². The molecular formula is C38H44N6O9S. The van der Waals surface area contributed by atoms with E-state index < -0.39 is 27.5 Å². The fourth-order valence-electron chi connectivity index (χ4n) is 7.85. The number of nitrogens with zero attached hydrogens (tertiary/aromatic N) is 5. The Labute approximate surface area is 314 Å². The van der Waals surface area contributed by atoms with Crippen molar-refractivity contribution in [3.05, 3.63) is 71.3 Å². The number of anilines is 1. The number of likely N-dealkylation sites (tertiary alicyclic amines) is 2. The van der Waals surface area contributed by atoms with E-state index >= 15 is 4.79 Å². The first kappa shape index (κ1) is 37.2. The molecule has 0 radical (unpaired) electrons. The van der Waals surface area contributed by atoms with E-state index in [0.29, 0.717) is 41.0 Å². The van der Waals surface area contributed by atoms with Gasteiger partial charge in [-0.05, 0) is 68.4 Å². The maximum absolute atomic E-state index is 15.3. The molecule has 15 nitrogen and oxygen atoms in total. The van der Waals surface area contributed by atoms with Gasteiger partial charge in [0.25, 0.3) is 15.9 Å². The van der Waals surface area contributed by atoms with Gasteiger partial charge < -0.3 is 33.9 Å². The molecule has 3 amide bonds. The molecule has 4 aliphatic heterocycles. The number of ether oxygens (including phenoxy) is 5. The normalized spacial score (nSPS) is 20.9. The number of nitriles is 1. The highest BCUT2D eigenvalue weighted by molar-refractivity contribution is 7.93. The Bertz CT molecular complexity index is 2090. The second-order valence-electron chi connectivity index (χ2n) is 13.9. The monoisotopic (exact) mass is 760 g/mol. The lowest BCUT2D eigenvalue weighted by molar-refractivity contribution is -0.121. The lowest BCUT2D eigenvalue weighted by Crippen LogP contribution is -2.67. The number of carbonyl (C=O) groups excluding carboxylic acids is 2. The van der Waals surface area contributed by atoms with E-state index in [1.807, 2.05) is 0 Å². The van der Waals surface area contributed by atoms with Crippen molar-refractivity contribution >= 4 is 27.6 Å². The van der Waals surface area contributed by atoms with E-state index in [1.165, 1.54) is 70.9 Å². The van der Waals surface area contributed by atoms with Gasteiger partial charge in [0.1, 0.15) is 27.9 Å². The quantitative estimate of drug-likeness (QED) is 0.305. The van der Waals surface area contributed by atoms with Crippen LogP contribution in [0.2, 0.25) is 0 Å². The van der Waals surface area contributed by atoms with Crippen LogP contribution >= 0.6 is 0 Å². The molecular weight excluding hydrogens is 717 g/mol. The summed E-state index contributed by atoms with van der Waals surface area (Å²) in [5.74, 6) is -0.218. The molecule has 286 valence electrons. The summed E-state index contributed by atoms with van der Waals surface area (Å²) < 4.78 is 57.4. The fraction of sp³-hybridized carbons (Fsp3) is 0.447. The molecule has 3 fully saturated rings.